The van der Waals surface area contributed by atoms with Gasteiger partial charge in [-0.15, -0.1) is 12.4 Å². The SMILES string of the molecule is Cl.NC1CCC(NS(=O)(=O)c2c(Cl)cccc2C(F)(F)F)CC1. The Hall–Kier alpha value is -0.540. The maximum absolute atomic E-state index is 13.0. The van der Waals surface area contributed by atoms with Gasteiger partial charge in [0, 0.05) is 12.1 Å². The first-order valence-corrected chi connectivity index (χ1v) is 8.61. The summed E-state index contributed by atoms with van der Waals surface area (Å²) in [6.45, 7) is 0. The molecule has 23 heavy (non-hydrogen) atoms. The largest absolute Gasteiger partial charge is 0.417 e. The van der Waals surface area contributed by atoms with Crippen molar-refractivity contribution in [3.8, 4) is 0 Å². The van der Waals surface area contributed by atoms with E-state index in [0.717, 1.165) is 12.1 Å². The number of sulfonamides is 1. The summed E-state index contributed by atoms with van der Waals surface area (Å²) in [5.41, 5.74) is 4.47. The Balaban J connectivity index is 0.00000264. The van der Waals surface area contributed by atoms with E-state index >= 15 is 0 Å². The highest BCUT2D eigenvalue weighted by molar-refractivity contribution is 7.89. The van der Waals surface area contributed by atoms with Gasteiger partial charge in [0.25, 0.3) is 0 Å². The fourth-order valence-electron chi connectivity index (χ4n) is 2.52. The predicted octanol–water partition coefficient (Wildman–Crippen LogP) is 3.33. The van der Waals surface area contributed by atoms with Gasteiger partial charge in [0.15, 0.2) is 0 Å². The van der Waals surface area contributed by atoms with E-state index in [4.69, 9.17) is 17.3 Å². The van der Waals surface area contributed by atoms with E-state index in [2.05, 4.69) is 4.72 Å². The van der Waals surface area contributed by atoms with Crippen molar-refractivity contribution in [2.24, 2.45) is 5.73 Å². The van der Waals surface area contributed by atoms with E-state index in [1.807, 2.05) is 0 Å². The molecular formula is C13H17Cl2F3N2O2S. The Bertz CT molecular complexity index is 645. The maximum Gasteiger partial charge on any atom is 0.417 e. The maximum atomic E-state index is 13.0. The minimum absolute atomic E-state index is 0. The van der Waals surface area contributed by atoms with Crippen LogP contribution in [-0.2, 0) is 16.2 Å². The molecule has 1 aliphatic carbocycles. The highest BCUT2D eigenvalue weighted by atomic mass is 35.5. The first kappa shape index (κ1) is 20.5. The lowest BCUT2D eigenvalue weighted by atomic mass is 9.93. The summed E-state index contributed by atoms with van der Waals surface area (Å²) in [5.74, 6) is 0. The molecule has 10 heteroatoms. The highest BCUT2D eigenvalue weighted by Gasteiger charge is 2.39. The molecule has 0 unspecified atom stereocenters. The Morgan fingerprint density at radius 2 is 1.74 bits per heavy atom. The molecule has 4 nitrogen and oxygen atoms in total. The van der Waals surface area contributed by atoms with Crippen molar-refractivity contribution in [3.05, 3.63) is 28.8 Å². The molecule has 1 aromatic carbocycles. The molecule has 0 spiro atoms. The molecule has 1 fully saturated rings. The molecule has 1 aliphatic rings. The number of hydrogen-bond acceptors (Lipinski definition) is 3. The number of benzene rings is 1. The van der Waals surface area contributed by atoms with Gasteiger partial charge in [0.1, 0.15) is 4.90 Å². The second-order valence-corrected chi connectivity index (χ2v) is 7.41. The molecule has 0 amide bonds. The number of nitrogens with two attached hydrogens (primary N) is 1. The minimum Gasteiger partial charge on any atom is -0.328 e. The van der Waals surface area contributed by atoms with Crippen molar-refractivity contribution in [3.63, 3.8) is 0 Å². The molecular weight excluding hydrogens is 376 g/mol. The number of hydrogen-bond donors (Lipinski definition) is 2. The number of rotatable bonds is 3. The zero-order valence-corrected chi connectivity index (χ0v) is 14.3. The van der Waals surface area contributed by atoms with Crippen molar-refractivity contribution in [1.29, 1.82) is 0 Å². The molecule has 3 N–H and O–H groups in total. The van der Waals surface area contributed by atoms with E-state index in [1.165, 1.54) is 0 Å². The van der Waals surface area contributed by atoms with Gasteiger partial charge in [-0.25, -0.2) is 13.1 Å². The molecule has 1 saturated carbocycles. The van der Waals surface area contributed by atoms with E-state index in [-0.39, 0.29) is 18.4 Å². The van der Waals surface area contributed by atoms with Crippen LogP contribution in [-0.4, -0.2) is 20.5 Å². The van der Waals surface area contributed by atoms with Gasteiger partial charge < -0.3 is 5.73 Å². The Morgan fingerprint density at radius 1 is 1.17 bits per heavy atom. The van der Waals surface area contributed by atoms with Crippen LogP contribution in [0.25, 0.3) is 0 Å². The molecule has 0 aliphatic heterocycles. The Morgan fingerprint density at radius 3 is 2.26 bits per heavy atom. The van der Waals surface area contributed by atoms with Gasteiger partial charge >= 0.3 is 6.18 Å². The van der Waals surface area contributed by atoms with Crippen molar-refractivity contribution >= 4 is 34.0 Å². The van der Waals surface area contributed by atoms with E-state index in [9.17, 15) is 21.6 Å². The molecule has 0 saturated heterocycles. The van der Waals surface area contributed by atoms with Gasteiger partial charge in [0.05, 0.1) is 10.6 Å². The quantitative estimate of drug-likeness (QED) is 0.828. The summed E-state index contributed by atoms with van der Waals surface area (Å²) in [5, 5.41) is -0.449. The van der Waals surface area contributed by atoms with Gasteiger partial charge in [0.2, 0.25) is 10.0 Å². The summed E-state index contributed by atoms with van der Waals surface area (Å²) in [6, 6.07) is 2.48. The summed E-state index contributed by atoms with van der Waals surface area (Å²) < 4.78 is 66.1. The van der Waals surface area contributed by atoms with Crippen molar-refractivity contribution < 1.29 is 21.6 Å². The van der Waals surface area contributed by atoms with Crippen LogP contribution in [0.1, 0.15) is 31.2 Å². The average molecular weight is 393 g/mol. The zero-order chi connectivity index (χ0) is 16.5. The molecule has 0 bridgehead atoms. The smallest absolute Gasteiger partial charge is 0.328 e. The van der Waals surface area contributed by atoms with Crippen LogP contribution in [0.15, 0.2) is 23.1 Å². The standard InChI is InChI=1S/C13H16ClF3N2O2S.ClH/c14-11-3-1-2-10(13(15,16)17)12(11)22(20,21)19-9-6-4-8(18)5-7-9;/h1-3,8-9,19H,4-7,18H2;1H. The van der Waals surface area contributed by atoms with Crippen LogP contribution in [0.5, 0.6) is 0 Å². The molecule has 2 rings (SSSR count). The number of halogens is 5. The first-order valence-electron chi connectivity index (χ1n) is 6.75. The third-order valence-electron chi connectivity index (χ3n) is 3.63. The van der Waals surface area contributed by atoms with Gasteiger partial charge in [-0.05, 0) is 37.8 Å². The predicted molar refractivity (Wildman–Crippen MR) is 84.3 cm³/mol. The van der Waals surface area contributed by atoms with Crippen LogP contribution >= 0.6 is 24.0 Å². The first-order chi connectivity index (χ1) is 10.1. The monoisotopic (exact) mass is 392 g/mol. The van der Waals surface area contributed by atoms with Crippen LogP contribution < -0.4 is 10.5 Å². The second-order valence-electron chi connectivity index (χ2n) is 5.35. The Kier molecular flexibility index (Phi) is 6.74. The van der Waals surface area contributed by atoms with Gasteiger partial charge in [-0.1, -0.05) is 17.7 Å². The number of alkyl halides is 3. The molecule has 0 atom stereocenters. The zero-order valence-electron chi connectivity index (χ0n) is 11.9. The summed E-state index contributed by atoms with van der Waals surface area (Å²) in [7, 11) is -4.36. The lowest BCUT2D eigenvalue weighted by molar-refractivity contribution is -0.139. The number of nitrogens with one attached hydrogen (secondary N) is 1. The van der Waals surface area contributed by atoms with Crippen LogP contribution in [0, 0.1) is 0 Å². The fourth-order valence-corrected chi connectivity index (χ4v) is 4.59. The van der Waals surface area contributed by atoms with Crippen LogP contribution in [0.2, 0.25) is 5.02 Å². The molecule has 132 valence electrons. The van der Waals surface area contributed by atoms with Crippen molar-refractivity contribution in [2.75, 3.05) is 0 Å². The summed E-state index contributed by atoms with van der Waals surface area (Å²) in [4.78, 5) is -0.918. The second kappa shape index (κ2) is 7.57. The lowest BCUT2D eigenvalue weighted by Crippen LogP contribution is -2.41. The molecule has 0 aromatic heterocycles. The highest BCUT2D eigenvalue weighted by Crippen LogP contribution is 2.37. The average Bonchev–Trinajstić information content (AvgIpc) is 2.39. The van der Waals surface area contributed by atoms with Gasteiger partial charge in [-0.2, -0.15) is 13.2 Å². The van der Waals surface area contributed by atoms with Crippen molar-refractivity contribution in [2.45, 2.75) is 48.8 Å². The van der Waals surface area contributed by atoms with E-state index < -0.39 is 37.7 Å². The topological polar surface area (TPSA) is 72.2 Å². The van der Waals surface area contributed by atoms with Crippen LogP contribution in [0.3, 0.4) is 0 Å². The third-order valence-corrected chi connectivity index (χ3v) is 5.68. The molecule has 0 heterocycles. The van der Waals surface area contributed by atoms with Crippen molar-refractivity contribution in [1.82, 2.24) is 4.72 Å². The van der Waals surface area contributed by atoms with E-state index in [1.54, 1.807) is 0 Å². The lowest BCUT2D eigenvalue weighted by Gasteiger charge is -2.27. The Labute approximate surface area is 144 Å². The third kappa shape index (κ3) is 4.96. The van der Waals surface area contributed by atoms with Crippen LogP contribution in [0.4, 0.5) is 13.2 Å². The normalized spacial score (nSPS) is 22.5. The summed E-state index contributed by atoms with van der Waals surface area (Å²) >= 11 is 5.72. The molecule has 1 aromatic rings. The van der Waals surface area contributed by atoms with Gasteiger partial charge in [-0.3, -0.25) is 0 Å². The molecule has 0 radical (unpaired) electrons. The fraction of sp³-hybridized carbons (Fsp3) is 0.538. The summed E-state index contributed by atoms with van der Waals surface area (Å²) in [6.07, 6.45) is -2.56. The van der Waals surface area contributed by atoms with E-state index in [0.29, 0.717) is 31.7 Å². The minimum atomic E-state index is -4.80.